The highest BCUT2D eigenvalue weighted by molar-refractivity contribution is 7.80. The van der Waals surface area contributed by atoms with E-state index in [0.717, 1.165) is 17.9 Å². The summed E-state index contributed by atoms with van der Waals surface area (Å²) in [7, 11) is 1.63. The molecule has 2 rings (SSSR count). The van der Waals surface area contributed by atoms with Gasteiger partial charge in [0.1, 0.15) is 18.1 Å². The molecular formula is C21H26N2O4S. The lowest BCUT2D eigenvalue weighted by atomic mass is 10.2. The molecule has 0 bridgehead atoms. The van der Waals surface area contributed by atoms with Crippen LogP contribution < -0.4 is 20.1 Å². The van der Waals surface area contributed by atoms with Crippen molar-refractivity contribution in [1.29, 1.82) is 0 Å². The second-order valence-electron chi connectivity index (χ2n) is 6.14. The number of nitrogens with one attached hydrogen (secondary N) is 2. The summed E-state index contributed by atoms with van der Waals surface area (Å²) < 4.78 is 16.2. The number of hydrogen-bond acceptors (Lipinski definition) is 5. The summed E-state index contributed by atoms with van der Waals surface area (Å²) in [6.07, 6.45) is 0.975. The van der Waals surface area contributed by atoms with Crippen molar-refractivity contribution in [2.45, 2.75) is 26.4 Å². The molecule has 1 atom stereocenters. The lowest BCUT2D eigenvalue weighted by molar-refractivity contribution is 0.0977. The van der Waals surface area contributed by atoms with Gasteiger partial charge in [0.25, 0.3) is 5.91 Å². The van der Waals surface area contributed by atoms with Gasteiger partial charge in [0.05, 0.1) is 12.7 Å². The molecule has 0 aliphatic rings. The van der Waals surface area contributed by atoms with Crippen LogP contribution in [0.2, 0.25) is 0 Å². The Morgan fingerprint density at radius 2 is 1.86 bits per heavy atom. The highest BCUT2D eigenvalue weighted by Crippen LogP contribution is 2.17. The minimum absolute atomic E-state index is 0.0857. The van der Waals surface area contributed by atoms with E-state index in [1.807, 2.05) is 44.2 Å². The van der Waals surface area contributed by atoms with Crippen LogP contribution in [-0.4, -0.2) is 37.4 Å². The first-order valence-corrected chi connectivity index (χ1v) is 9.53. The molecular weight excluding hydrogens is 376 g/mol. The maximum Gasteiger partial charge on any atom is 0.257 e. The highest BCUT2D eigenvalue weighted by atomic mass is 32.1. The third-order valence-electron chi connectivity index (χ3n) is 3.90. The Morgan fingerprint density at radius 1 is 1.11 bits per heavy atom. The molecule has 0 heterocycles. The standard InChI is InChI=1S/C21H26N2O4S/c1-4-15(2)27-19-7-5-6-16(14-19)20(24)23-21(28)22-17-8-10-18(11-9-17)26-13-12-25-3/h5-11,14-15H,4,12-13H2,1-3H3,(H2,22,23,24,28). The first-order chi connectivity index (χ1) is 13.5. The van der Waals surface area contributed by atoms with Crippen molar-refractivity contribution in [3.8, 4) is 11.5 Å². The minimum atomic E-state index is -0.299. The van der Waals surface area contributed by atoms with Gasteiger partial charge in [0.15, 0.2) is 5.11 Å². The first kappa shape index (κ1) is 21.7. The summed E-state index contributed by atoms with van der Waals surface area (Å²) in [5.74, 6) is 1.09. The number of benzene rings is 2. The average Bonchev–Trinajstić information content (AvgIpc) is 2.69. The van der Waals surface area contributed by atoms with Crippen LogP contribution in [0.3, 0.4) is 0 Å². The van der Waals surface area contributed by atoms with Crippen LogP contribution in [0.25, 0.3) is 0 Å². The zero-order chi connectivity index (χ0) is 20.4. The highest BCUT2D eigenvalue weighted by Gasteiger charge is 2.10. The summed E-state index contributed by atoms with van der Waals surface area (Å²) in [6.45, 7) is 5.04. The molecule has 1 amide bonds. The van der Waals surface area contributed by atoms with Gasteiger partial charge in [-0.25, -0.2) is 0 Å². The van der Waals surface area contributed by atoms with E-state index >= 15 is 0 Å². The summed E-state index contributed by atoms with van der Waals surface area (Å²) >= 11 is 5.23. The Balaban J connectivity index is 1.88. The fraction of sp³-hybridized carbons (Fsp3) is 0.333. The zero-order valence-electron chi connectivity index (χ0n) is 16.4. The molecule has 0 saturated heterocycles. The Hall–Kier alpha value is -2.64. The van der Waals surface area contributed by atoms with E-state index in [1.165, 1.54) is 0 Å². The molecule has 7 heteroatoms. The van der Waals surface area contributed by atoms with Crippen molar-refractivity contribution in [1.82, 2.24) is 5.32 Å². The van der Waals surface area contributed by atoms with Crippen molar-refractivity contribution < 1.29 is 19.0 Å². The van der Waals surface area contributed by atoms with E-state index in [0.29, 0.717) is 24.5 Å². The molecule has 0 aliphatic carbocycles. The first-order valence-electron chi connectivity index (χ1n) is 9.12. The summed E-state index contributed by atoms with van der Waals surface area (Å²) in [5.41, 5.74) is 1.23. The Kier molecular flexibility index (Phi) is 8.71. The Labute approximate surface area is 171 Å². The minimum Gasteiger partial charge on any atom is -0.491 e. The van der Waals surface area contributed by atoms with E-state index in [2.05, 4.69) is 10.6 Å². The van der Waals surface area contributed by atoms with Gasteiger partial charge in [-0.15, -0.1) is 0 Å². The lowest BCUT2D eigenvalue weighted by Gasteiger charge is -2.14. The van der Waals surface area contributed by atoms with E-state index < -0.39 is 0 Å². The van der Waals surface area contributed by atoms with Gasteiger partial charge < -0.3 is 19.5 Å². The van der Waals surface area contributed by atoms with Gasteiger partial charge in [-0.05, 0) is 68.0 Å². The molecule has 1 unspecified atom stereocenters. The second-order valence-corrected chi connectivity index (χ2v) is 6.55. The van der Waals surface area contributed by atoms with Crippen LogP contribution in [0.5, 0.6) is 11.5 Å². The van der Waals surface area contributed by atoms with Crippen molar-refractivity contribution in [3.05, 3.63) is 54.1 Å². The molecule has 0 aliphatic heterocycles. The molecule has 2 aromatic carbocycles. The quantitative estimate of drug-likeness (QED) is 0.488. The topological polar surface area (TPSA) is 68.8 Å². The summed E-state index contributed by atoms with van der Waals surface area (Å²) in [5, 5.41) is 5.87. The van der Waals surface area contributed by atoms with Crippen LogP contribution in [0.15, 0.2) is 48.5 Å². The van der Waals surface area contributed by atoms with Gasteiger partial charge in [0.2, 0.25) is 0 Å². The summed E-state index contributed by atoms with van der Waals surface area (Å²) in [6, 6.07) is 14.3. The fourth-order valence-corrected chi connectivity index (χ4v) is 2.45. The van der Waals surface area contributed by atoms with Crippen LogP contribution in [0.1, 0.15) is 30.6 Å². The number of carbonyl (C=O) groups is 1. The normalized spacial score (nSPS) is 11.4. The SMILES string of the molecule is CCC(C)Oc1cccc(C(=O)NC(=S)Nc2ccc(OCCOC)cc2)c1. The predicted octanol–water partition coefficient (Wildman–Crippen LogP) is 4.02. The second kappa shape index (κ2) is 11.3. The van der Waals surface area contributed by atoms with Crippen molar-refractivity contribution in [2.24, 2.45) is 0 Å². The largest absolute Gasteiger partial charge is 0.491 e. The molecule has 0 saturated carbocycles. The molecule has 6 nitrogen and oxygen atoms in total. The van der Waals surface area contributed by atoms with Gasteiger partial charge in [-0.2, -0.15) is 0 Å². The molecule has 150 valence electrons. The molecule has 0 spiro atoms. The summed E-state index contributed by atoms with van der Waals surface area (Å²) in [4.78, 5) is 12.4. The molecule has 0 aromatic heterocycles. The van der Waals surface area contributed by atoms with Gasteiger partial charge >= 0.3 is 0 Å². The zero-order valence-corrected chi connectivity index (χ0v) is 17.2. The molecule has 0 radical (unpaired) electrons. The molecule has 2 aromatic rings. The van der Waals surface area contributed by atoms with Crippen molar-refractivity contribution in [3.63, 3.8) is 0 Å². The average molecular weight is 403 g/mol. The number of rotatable bonds is 9. The van der Waals surface area contributed by atoms with Gasteiger partial charge in [-0.1, -0.05) is 13.0 Å². The number of thiocarbonyl (C=S) groups is 1. The Morgan fingerprint density at radius 3 is 2.54 bits per heavy atom. The molecule has 28 heavy (non-hydrogen) atoms. The molecule has 0 fully saturated rings. The smallest absolute Gasteiger partial charge is 0.257 e. The van der Waals surface area contributed by atoms with Crippen LogP contribution in [0.4, 0.5) is 5.69 Å². The number of ether oxygens (including phenoxy) is 3. The number of hydrogen-bond donors (Lipinski definition) is 2. The number of anilines is 1. The number of amides is 1. The fourth-order valence-electron chi connectivity index (χ4n) is 2.24. The van der Waals surface area contributed by atoms with E-state index in [-0.39, 0.29) is 17.1 Å². The Bertz CT molecular complexity index is 780. The monoisotopic (exact) mass is 402 g/mol. The van der Waals surface area contributed by atoms with Crippen molar-refractivity contribution >= 4 is 28.9 Å². The van der Waals surface area contributed by atoms with Crippen LogP contribution >= 0.6 is 12.2 Å². The predicted molar refractivity (Wildman–Crippen MR) is 114 cm³/mol. The van der Waals surface area contributed by atoms with Crippen molar-refractivity contribution in [2.75, 3.05) is 25.6 Å². The number of carbonyl (C=O) groups excluding carboxylic acids is 1. The van der Waals surface area contributed by atoms with E-state index in [1.54, 1.807) is 25.3 Å². The third kappa shape index (κ3) is 7.17. The van der Waals surface area contributed by atoms with Gasteiger partial charge in [-0.3, -0.25) is 10.1 Å². The third-order valence-corrected chi connectivity index (χ3v) is 4.11. The lowest BCUT2D eigenvalue weighted by Crippen LogP contribution is -2.34. The molecule has 2 N–H and O–H groups in total. The van der Waals surface area contributed by atoms with Crippen LogP contribution in [-0.2, 0) is 4.74 Å². The number of methoxy groups -OCH3 is 1. The van der Waals surface area contributed by atoms with E-state index in [9.17, 15) is 4.79 Å². The van der Waals surface area contributed by atoms with Gasteiger partial charge in [0, 0.05) is 18.4 Å². The maximum absolute atomic E-state index is 12.4. The maximum atomic E-state index is 12.4. The van der Waals surface area contributed by atoms with E-state index in [4.69, 9.17) is 26.4 Å². The van der Waals surface area contributed by atoms with Crippen LogP contribution in [0, 0.1) is 0 Å².